The van der Waals surface area contributed by atoms with Crippen LogP contribution in [-0.2, 0) is 6.54 Å². The zero-order valence-electron chi connectivity index (χ0n) is 15.5. The van der Waals surface area contributed by atoms with Gasteiger partial charge >= 0.3 is 0 Å². The first-order valence-corrected chi connectivity index (χ1v) is 9.71. The molecule has 7 nitrogen and oxygen atoms in total. The highest BCUT2D eigenvalue weighted by Gasteiger charge is 2.25. The van der Waals surface area contributed by atoms with Crippen LogP contribution in [0.1, 0.15) is 23.7 Å². The van der Waals surface area contributed by atoms with Crippen molar-refractivity contribution in [3.63, 3.8) is 0 Å². The number of hydrogen-bond acceptors (Lipinski definition) is 5. The molecule has 0 saturated carbocycles. The predicted octanol–water partition coefficient (Wildman–Crippen LogP) is 2.48. The molecule has 1 fully saturated rings. The van der Waals surface area contributed by atoms with Crippen molar-refractivity contribution in [2.75, 3.05) is 18.0 Å². The minimum absolute atomic E-state index is 0.0526. The lowest BCUT2D eigenvalue weighted by atomic mass is 10.1. The van der Waals surface area contributed by atoms with E-state index in [1.807, 2.05) is 25.1 Å². The maximum absolute atomic E-state index is 12.7. The Bertz CT molecular complexity index is 1140. The number of benzene rings is 1. The summed E-state index contributed by atoms with van der Waals surface area (Å²) in [4.78, 5) is 34.8. The van der Waals surface area contributed by atoms with Crippen LogP contribution < -0.4 is 15.8 Å². The summed E-state index contributed by atoms with van der Waals surface area (Å²) in [6, 6.07) is 10.9. The lowest BCUT2D eigenvalue weighted by Crippen LogP contribution is -2.37. The molecule has 28 heavy (non-hydrogen) atoms. The van der Waals surface area contributed by atoms with Gasteiger partial charge in [-0.1, -0.05) is 6.07 Å². The fourth-order valence-corrected chi connectivity index (χ4v) is 3.90. The summed E-state index contributed by atoms with van der Waals surface area (Å²) in [6.07, 6.45) is 2.63. The molecule has 1 unspecified atom stereocenters. The smallest absolute Gasteiger partial charge is 0.262 e. The van der Waals surface area contributed by atoms with Gasteiger partial charge in [0.2, 0.25) is 0 Å². The molecule has 1 saturated heterocycles. The number of anilines is 1. The van der Waals surface area contributed by atoms with Crippen molar-refractivity contribution in [2.24, 2.45) is 0 Å². The van der Waals surface area contributed by atoms with Crippen LogP contribution >= 0.6 is 12.2 Å². The summed E-state index contributed by atoms with van der Waals surface area (Å²) in [6.45, 7) is 3.94. The van der Waals surface area contributed by atoms with Crippen molar-refractivity contribution in [2.45, 2.75) is 25.9 Å². The highest BCUT2D eigenvalue weighted by atomic mass is 32.1. The van der Waals surface area contributed by atoms with Gasteiger partial charge in [0.05, 0.1) is 10.9 Å². The Morgan fingerprint density at radius 2 is 2.21 bits per heavy atom. The molecule has 3 heterocycles. The molecule has 2 aromatic heterocycles. The van der Waals surface area contributed by atoms with Gasteiger partial charge < -0.3 is 15.2 Å². The highest BCUT2D eigenvalue weighted by molar-refractivity contribution is 7.71. The Hall–Kier alpha value is -3.00. The standard InChI is InChI=1S/C20H21N5O2S/c1-2-25-19(27)15-7-6-13(11-16(15)23-20(25)28)18(26)22-14-8-10-24(12-14)17-5-3-4-9-21-17/h3-7,9,11,14H,2,8,10,12H2,1H3,(H,22,26)(H,23,28). The van der Waals surface area contributed by atoms with Gasteiger partial charge in [0.25, 0.3) is 11.5 Å². The van der Waals surface area contributed by atoms with Crippen LogP contribution in [0, 0.1) is 4.77 Å². The first-order chi connectivity index (χ1) is 13.6. The predicted molar refractivity (Wildman–Crippen MR) is 111 cm³/mol. The fourth-order valence-electron chi connectivity index (χ4n) is 3.58. The lowest BCUT2D eigenvalue weighted by Gasteiger charge is -2.17. The largest absolute Gasteiger partial charge is 0.354 e. The minimum atomic E-state index is -0.159. The van der Waals surface area contributed by atoms with Crippen molar-refractivity contribution in [1.82, 2.24) is 19.9 Å². The summed E-state index contributed by atoms with van der Waals surface area (Å²) >= 11 is 5.25. The van der Waals surface area contributed by atoms with Gasteiger partial charge in [-0.3, -0.25) is 14.2 Å². The number of hydrogen-bond donors (Lipinski definition) is 2. The summed E-state index contributed by atoms with van der Waals surface area (Å²) in [5.74, 6) is 0.762. The molecule has 0 bridgehead atoms. The van der Waals surface area contributed by atoms with Gasteiger partial charge in [-0.15, -0.1) is 0 Å². The average molecular weight is 395 g/mol. The summed E-state index contributed by atoms with van der Waals surface area (Å²) in [7, 11) is 0. The van der Waals surface area contributed by atoms with Crippen molar-refractivity contribution in [3.8, 4) is 0 Å². The van der Waals surface area contributed by atoms with Gasteiger partial charge in [-0.2, -0.15) is 0 Å². The van der Waals surface area contributed by atoms with E-state index in [9.17, 15) is 9.59 Å². The maximum atomic E-state index is 12.7. The second-order valence-corrected chi connectivity index (χ2v) is 7.22. The maximum Gasteiger partial charge on any atom is 0.262 e. The Morgan fingerprint density at radius 3 is 2.96 bits per heavy atom. The van der Waals surface area contributed by atoms with E-state index in [2.05, 4.69) is 20.2 Å². The number of rotatable bonds is 4. The molecule has 3 aromatic rings. The van der Waals surface area contributed by atoms with Crippen LogP contribution in [0.2, 0.25) is 0 Å². The van der Waals surface area contributed by atoms with Crippen molar-refractivity contribution in [1.29, 1.82) is 0 Å². The van der Waals surface area contributed by atoms with Crippen LogP contribution in [0.25, 0.3) is 10.9 Å². The summed E-state index contributed by atoms with van der Waals surface area (Å²) < 4.78 is 1.86. The van der Waals surface area contributed by atoms with Gasteiger partial charge in [0, 0.05) is 37.4 Å². The zero-order chi connectivity index (χ0) is 19.7. The van der Waals surface area contributed by atoms with E-state index in [1.54, 1.807) is 24.4 Å². The number of carbonyl (C=O) groups is 1. The number of H-pyrrole nitrogens is 1. The van der Waals surface area contributed by atoms with Gasteiger partial charge in [0.15, 0.2) is 4.77 Å². The van der Waals surface area contributed by atoms with Crippen LogP contribution in [0.15, 0.2) is 47.4 Å². The van der Waals surface area contributed by atoms with Gasteiger partial charge in [0.1, 0.15) is 5.82 Å². The van der Waals surface area contributed by atoms with E-state index in [0.29, 0.717) is 27.8 Å². The topological polar surface area (TPSA) is 83.0 Å². The van der Waals surface area contributed by atoms with Crippen LogP contribution in [0.4, 0.5) is 5.82 Å². The van der Waals surface area contributed by atoms with Gasteiger partial charge in [-0.25, -0.2) is 4.98 Å². The van der Waals surface area contributed by atoms with E-state index in [1.165, 1.54) is 4.57 Å². The first-order valence-electron chi connectivity index (χ1n) is 9.30. The number of aromatic amines is 1. The number of nitrogens with one attached hydrogen (secondary N) is 2. The molecule has 1 atom stereocenters. The lowest BCUT2D eigenvalue weighted by molar-refractivity contribution is 0.0940. The van der Waals surface area contributed by atoms with Crippen molar-refractivity contribution >= 4 is 34.8 Å². The molecule has 0 aliphatic carbocycles. The van der Waals surface area contributed by atoms with E-state index >= 15 is 0 Å². The molecule has 1 aliphatic heterocycles. The number of nitrogens with zero attached hydrogens (tertiary/aromatic N) is 3. The molecular formula is C20H21N5O2S. The molecule has 0 spiro atoms. The second kappa shape index (κ2) is 7.55. The van der Waals surface area contributed by atoms with Crippen LogP contribution in [-0.4, -0.2) is 39.6 Å². The van der Waals surface area contributed by atoms with Crippen molar-refractivity contribution in [3.05, 3.63) is 63.3 Å². The molecule has 4 rings (SSSR count). The van der Waals surface area contributed by atoms with E-state index in [-0.39, 0.29) is 17.5 Å². The Kier molecular flexibility index (Phi) is 4.95. The average Bonchev–Trinajstić information content (AvgIpc) is 3.17. The first kappa shape index (κ1) is 18.4. The Labute approximate surface area is 167 Å². The van der Waals surface area contributed by atoms with Crippen molar-refractivity contribution < 1.29 is 4.79 Å². The van der Waals surface area contributed by atoms with Crippen LogP contribution in [0.3, 0.4) is 0 Å². The number of fused-ring (bicyclic) bond motifs is 1. The minimum Gasteiger partial charge on any atom is -0.354 e. The number of aromatic nitrogens is 3. The Balaban J connectivity index is 1.52. The molecule has 1 aromatic carbocycles. The van der Waals surface area contributed by atoms with E-state index in [0.717, 1.165) is 25.3 Å². The quantitative estimate of drug-likeness (QED) is 0.663. The summed E-state index contributed by atoms with van der Waals surface area (Å²) in [5, 5.41) is 3.60. The molecule has 1 amide bonds. The molecule has 1 aliphatic rings. The number of amides is 1. The second-order valence-electron chi connectivity index (χ2n) is 6.83. The monoisotopic (exact) mass is 395 g/mol. The third-order valence-electron chi connectivity index (χ3n) is 5.06. The molecular weight excluding hydrogens is 374 g/mol. The van der Waals surface area contributed by atoms with E-state index in [4.69, 9.17) is 12.2 Å². The molecule has 144 valence electrons. The van der Waals surface area contributed by atoms with E-state index < -0.39 is 0 Å². The third kappa shape index (κ3) is 3.43. The van der Waals surface area contributed by atoms with Gasteiger partial charge in [-0.05, 0) is 55.9 Å². The Morgan fingerprint density at radius 1 is 1.36 bits per heavy atom. The highest BCUT2D eigenvalue weighted by Crippen LogP contribution is 2.18. The zero-order valence-corrected chi connectivity index (χ0v) is 16.3. The summed E-state index contributed by atoms with van der Waals surface area (Å²) in [5.41, 5.74) is 0.937. The number of pyridine rings is 1. The normalized spacial score (nSPS) is 16.5. The SMILES string of the molecule is CCn1c(=S)[nH]c2cc(C(=O)NC3CCN(c4ccccn4)C3)ccc2c1=O. The molecule has 2 N–H and O–H groups in total. The number of carbonyl (C=O) groups excluding carboxylic acids is 1. The molecule has 0 radical (unpaired) electrons. The fraction of sp³-hybridized carbons (Fsp3) is 0.300. The third-order valence-corrected chi connectivity index (χ3v) is 5.38. The van der Waals surface area contributed by atoms with Crippen LogP contribution in [0.5, 0.6) is 0 Å². The molecule has 8 heteroatoms.